The number of hydrogen-bond donors (Lipinski definition) is 3. The predicted octanol–water partition coefficient (Wildman–Crippen LogP) is 2.08. The summed E-state index contributed by atoms with van der Waals surface area (Å²) in [6, 6.07) is 7.47. The Hall–Kier alpha value is -2.89. The van der Waals surface area contributed by atoms with Gasteiger partial charge in [0.1, 0.15) is 0 Å². The molecule has 0 aliphatic heterocycles. The van der Waals surface area contributed by atoms with E-state index in [1.54, 1.807) is 6.20 Å². The second-order valence-electron chi connectivity index (χ2n) is 4.01. The summed E-state index contributed by atoms with van der Waals surface area (Å²) in [4.78, 5) is 11.3. The lowest BCUT2D eigenvalue weighted by atomic mass is 10.1. The number of H-pyrrole nitrogens is 2. The van der Waals surface area contributed by atoms with E-state index >= 15 is 0 Å². The van der Waals surface area contributed by atoms with Crippen molar-refractivity contribution < 1.29 is 4.79 Å². The fraction of sp³-hybridized carbons (Fsp3) is 0. The van der Waals surface area contributed by atoms with Crippen molar-refractivity contribution in [2.24, 2.45) is 0 Å². The van der Waals surface area contributed by atoms with Crippen molar-refractivity contribution in [2.45, 2.75) is 0 Å². The maximum atomic E-state index is 11.3. The summed E-state index contributed by atoms with van der Waals surface area (Å²) in [5, 5.41) is 17.4. The van der Waals surface area contributed by atoms with Gasteiger partial charge in [0.15, 0.2) is 5.65 Å². The van der Waals surface area contributed by atoms with Gasteiger partial charge in [-0.1, -0.05) is 18.7 Å². The summed E-state index contributed by atoms with van der Waals surface area (Å²) in [5.41, 5.74) is 3.19. The average Bonchev–Trinajstić information content (AvgIpc) is 3.01. The van der Waals surface area contributed by atoms with Gasteiger partial charge in [-0.3, -0.25) is 15.0 Å². The largest absolute Gasteiger partial charge is 0.323 e. The van der Waals surface area contributed by atoms with Crippen LogP contribution in [0.2, 0.25) is 0 Å². The Balaban J connectivity index is 2.01. The molecule has 3 aromatic rings. The summed E-state index contributed by atoms with van der Waals surface area (Å²) >= 11 is 0. The first-order valence-corrected chi connectivity index (χ1v) is 5.69. The number of hydrogen-bond acceptors (Lipinski definition) is 3. The molecule has 1 amide bonds. The van der Waals surface area contributed by atoms with Gasteiger partial charge in [-0.25, -0.2) is 0 Å². The summed E-state index contributed by atoms with van der Waals surface area (Å²) in [7, 11) is 0. The van der Waals surface area contributed by atoms with Crippen LogP contribution in [0, 0.1) is 0 Å². The third-order valence-corrected chi connectivity index (χ3v) is 2.77. The SMILES string of the molecule is C=CC(=O)Nc1cccc(-c2[nH]nc3[nH]ncc23)c1. The number of aromatic amines is 2. The Morgan fingerprint density at radius 1 is 1.37 bits per heavy atom. The van der Waals surface area contributed by atoms with Crippen molar-refractivity contribution >= 4 is 22.6 Å². The van der Waals surface area contributed by atoms with Crippen LogP contribution in [0.1, 0.15) is 0 Å². The Bertz CT molecular complexity index is 755. The van der Waals surface area contributed by atoms with Crippen LogP contribution in [-0.4, -0.2) is 26.3 Å². The molecule has 0 spiro atoms. The Morgan fingerprint density at radius 3 is 3.11 bits per heavy atom. The maximum absolute atomic E-state index is 11.3. The first-order chi connectivity index (χ1) is 9.28. The van der Waals surface area contributed by atoms with Crippen LogP contribution in [0.15, 0.2) is 43.1 Å². The second-order valence-corrected chi connectivity index (χ2v) is 4.01. The van der Waals surface area contributed by atoms with Crippen molar-refractivity contribution in [1.82, 2.24) is 20.4 Å². The molecule has 0 saturated heterocycles. The smallest absolute Gasteiger partial charge is 0.247 e. The molecule has 2 aromatic heterocycles. The lowest BCUT2D eigenvalue weighted by Gasteiger charge is -2.04. The molecule has 0 unspecified atom stereocenters. The summed E-state index contributed by atoms with van der Waals surface area (Å²) in [6.07, 6.45) is 2.94. The minimum absolute atomic E-state index is 0.241. The highest BCUT2D eigenvalue weighted by Gasteiger charge is 2.09. The van der Waals surface area contributed by atoms with Crippen LogP contribution >= 0.6 is 0 Å². The van der Waals surface area contributed by atoms with E-state index in [1.807, 2.05) is 24.3 Å². The topological polar surface area (TPSA) is 86.5 Å². The number of carbonyl (C=O) groups excluding carboxylic acids is 1. The number of nitrogens with one attached hydrogen (secondary N) is 3. The molecular weight excluding hydrogens is 242 g/mol. The van der Waals surface area contributed by atoms with E-state index in [2.05, 4.69) is 32.3 Å². The number of nitrogens with zero attached hydrogens (tertiary/aromatic N) is 2. The number of aromatic nitrogens is 4. The van der Waals surface area contributed by atoms with Crippen molar-refractivity contribution in [3.8, 4) is 11.3 Å². The van der Waals surface area contributed by atoms with Crippen molar-refractivity contribution in [3.05, 3.63) is 43.1 Å². The lowest BCUT2D eigenvalue weighted by molar-refractivity contribution is -0.111. The summed E-state index contributed by atoms with van der Waals surface area (Å²) in [6.45, 7) is 3.42. The molecule has 0 fully saturated rings. The monoisotopic (exact) mass is 253 g/mol. The molecule has 94 valence electrons. The van der Waals surface area contributed by atoms with Crippen LogP contribution in [0.25, 0.3) is 22.3 Å². The van der Waals surface area contributed by atoms with Crippen LogP contribution in [0.3, 0.4) is 0 Å². The van der Waals surface area contributed by atoms with Crippen molar-refractivity contribution in [3.63, 3.8) is 0 Å². The molecule has 0 saturated carbocycles. The first kappa shape index (κ1) is 11.2. The minimum atomic E-state index is -0.241. The summed E-state index contributed by atoms with van der Waals surface area (Å²) in [5.74, 6) is -0.241. The molecule has 19 heavy (non-hydrogen) atoms. The Morgan fingerprint density at radius 2 is 2.26 bits per heavy atom. The maximum Gasteiger partial charge on any atom is 0.247 e. The highest BCUT2D eigenvalue weighted by Crippen LogP contribution is 2.26. The summed E-state index contributed by atoms with van der Waals surface area (Å²) < 4.78 is 0. The zero-order valence-corrected chi connectivity index (χ0v) is 9.97. The Kier molecular flexibility index (Phi) is 2.60. The normalized spacial score (nSPS) is 10.5. The molecule has 3 rings (SSSR count). The first-order valence-electron chi connectivity index (χ1n) is 5.69. The number of benzene rings is 1. The molecule has 0 bridgehead atoms. The molecule has 3 N–H and O–H groups in total. The molecule has 1 aromatic carbocycles. The van der Waals surface area contributed by atoms with E-state index in [0.29, 0.717) is 11.3 Å². The van der Waals surface area contributed by atoms with Crippen LogP contribution < -0.4 is 5.32 Å². The molecular formula is C13H11N5O. The second kappa shape index (κ2) is 4.41. The minimum Gasteiger partial charge on any atom is -0.323 e. The number of carbonyl (C=O) groups is 1. The number of fused-ring (bicyclic) bond motifs is 1. The molecule has 2 heterocycles. The van der Waals surface area contributed by atoms with E-state index in [-0.39, 0.29) is 5.91 Å². The van der Waals surface area contributed by atoms with Gasteiger partial charge >= 0.3 is 0 Å². The molecule has 0 aliphatic rings. The standard InChI is InChI=1S/C13H11N5O/c1-2-11(19)15-9-5-3-4-8(6-9)12-10-7-14-17-13(10)18-16-12/h2-7H,1H2,(H,15,19)(H2,14,16,17,18). The van der Waals surface area contributed by atoms with Gasteiger partial charge in [0, 0.05) is 11.3 Å². The molecule has 0 atom stereocenters. The van der Waals surface area contributed by atoms with E-state index in [0.717, 1.165) is 16.6 Å². The molecule has 0 aliphatic carbocycles. The van der Waals surface area contributed by atoms with Gasteiger partial charge < -0.3 is 5.32 Å². The van der Waals surface area contributed by atoms with Gasteiger partial charge in [-0.15, -0.1) is 0 Å². The lowest BCUT2D eigenvalue weighted by Crippen LogP contribution is -2.06. The zero-order chi connectivity index (χ0) is 13.2. The van der Waals surface area contributed by atoms with Crippen molar-refractivity contribution in [1.29, 1.82) is 0 Å². The van der Waals surface area contributed by atoms with Gasteiger partial charge in [0.05, 0.1) is 17.3 Å². The van der Waals surface area contributed by atoms with Crippen LogP contribution in [0.5, 0.6) is 0 Å². The molecule has 6 nitrogen and oxygen atoms in total. The van der Waals surface area contributed by atoms with Gasteiger partial charge in [-0.05, 0) is 18.2 Å². The zero-order valence-electron chi connectivity index (χ0n) is 9.97. The van der Waals surface area contributed by atoms with E-state index in [1.165, 1.54) is 6.08 Å². The van der Waals surface area contributed by atoms with Crippen LogP contribution in [0.4, 0.5) is 5.69 Å². The van der Waals surface area contributed by atoms with E-state index in [4.69, 9.17) is 0 Å². The quantitative estimate of drug-likeness (QED) is 0.624. The van der Waals surface area contributed by atoms with Gasteiger partial charge in [0.25, 0.3) is 0 Å². The fourth-order valence-electron chi connectivity index (χ4n) is 1.89. The molecule has 6 heteroatoms. The highest BCUT2D eigenvalue weighted by molar-refractivity contribution is 5.99. The number of rotatable bonds is 3. The molecule has 0 radical (unpaired) electrons. The van der Waals surface area contributed by atoms with Crippen molar-refractivity contribution in [2.75, 3.05) is 5.32 Å². The predicted molar refractivity (Wildman–Crippen MR) is 72.5 cm³/mol. The third kappa shape index (κ3) is 1.99. The van der Waals surface area contributed by atoms with Gasteiger partial charge in [0.2, 0.25) is 5.91 Å². The van der Waals surface area contributed by atoms with E-state index < -0.39 is 0 Å². The Labute approximate surface area is 108 Å². The van der Waals surface area contributed by atoms with E-state index in [9.17, 15) is 4.79 Å². The number of amides is 1. The fourth-order valence-corrected chi connectivity index (χ4v) is 1.89. The third-order valence-electron chi connectivity index (χ3n) is 2.77. The number of anilines is 1. The average molecular weight is 253 g/mol. The van der Waals surface area contributed by atoms with Gasteiger partial charge in [-0.2, -0.15) is 10.2 Å². The highest BCUT2D eigenvalue weighted by atomic mass is 16.1. The van der Waals surface area contributed by atoms with Crippen LogP contribution in [-0.2, 0) is 4.79 Å².